The molecule has 0 amide bonds. The van der Waals surface area contributed by atoms with Gasteiger partial charge in [-0.3, -0.25) is 4.40 Å². The number of nitrogens with zero attached hydrogens (tertiary/aromatic N) is 4. The summed E-state index contributed by atoms with van der Waals surface area (Å²) in [5.74, 6) is -1.37. The predicted octanol–water partition coefficient (Wildman–Crippen LogP) is 4.28. The van der Waals surface area contributed by atoms with Crippen LogP contribution < -0.4 is 10.0 Å². The van der Waals surface area contributed by atoms with E-state index in [4.69, 9.17) is 0 Å². The Labute approximate surface area is 214 Å². The highest BCUT2D eigenvalue weighted by molar-refractivity contribution is 7.89. The van der Waals surface area contributed by atoms with Gasteiger partial charge in [0.2, 0.25) is 16.0 Å². The van der Waals surface area contributed by atoms with Crippen molar-refractivity contribution in [1.82, 2.24) is 24.1 Å². The van der Waals surface area contributed by atoms with Crippen LogP contribution in [0.1, 0.15) is 6.42 Å². The average Bonchev–Trinajstić information content (AvgIpc) is 3.47. The summed E-state index contributed by atoms with van der Waals surface area (Å²) in [5.41, 5.74) is 2.27. The molecule has 0 unspecified atom stereocenters. The first-order chi connectivity index (χ1) is 17.8. The lowest BCUT2D eigenvalue weighted by molar-refractivity contribution is 0.432. The molecular weight excluding hydrogens is 522 g/mol. The van der Waals surface area contributed by atoms with Crippen molar-refractivity contribution in [1.29, 1.82) is 0 Å². The topological polar surface area (TPSA) is 122 Å². The fraction of sp³-hybridized carbons (Fsp3) is 0.125. The first-order valence-electron chi connectivity index (χ1n) is 11.1. The number of rotatable bonds is 9. The highest BCUT2D eigenvalue weighted by atomic mass is 32.2. The molecule has 5 aromatic rings. The van der Waals surface area contributed by atoms with Crippen LogP contribution in [0.15, 0.2) is 71.2 Å². The molecule has 9 nitrogen and oxygen atoms in total. The number of halogens is 2. The van der Waals surface area contributed by atoms with E-state index in [9.17, 15) is 22.3 Å². The Morgan fingerprint density at radius 1 is 1.03 bits per heavy atom. The number of anilines is 1. The van der Waals surface area contributed by atoms with E-state index in [2.05, 4.69) is 25.0 Å². The standard InChI is InChI=1S/C24H20F2N6O3S2/c25-16-3-5-17(6-4-16)37(34,35)29-10-1-9-27-23-28-11-8-19(30-23)22-21(31-24-32(22)12-13-36-24)15-2-7-18(26)20(33)14-15/h2-8,11-14,29,33H,1,9-10H2,(H,27,28,30). The minimum Gasteiger partial charge on any atom is -0.505 e. The third-order valence-electron chi connectivity index (χ3n) is 5.43. The lowest BCUT2D eigenvalue weighted by atomic mass is 10.1. The van der Waals surface area contributed by atoms with Crippen molar-refractivity contribution in [2.75, 3.05) is 18.4 Å². The Balaban J connectivity index is 1.29. The van der Waals surface area contributed by atoms with E-state index < -0.39 is 27.4 Å². The van der Waals surface area contributed by atoms with E-state index in [1.165, 1.54) is 35.6 Å². The Hall–Kier alpha value is -3.94. The van der Waals surface area contributed by atoms with Crippen molar-refractivity contribution in [3.63, 3.8) is 0 Å². The number of nitrogens with one attached hydrogen (secondary N) is 2. The molecule has 2 aromatic carbocycles. The lowest BCUT2D eigenvalue weighted by Crippen LogP contribution is -2.26. The molecule has 0 fully saturated rings. The SMILES string of the molecule is O=S(=O)(NCCCNc1nccc(-c2c(-c3ccc(F)c(O)c3)nc3sccn23)n1)c1ccc(F)cc1. The van der Waals surface area contributed by atoms with Gasteiger partial charge in [0.25, 0.3) is 0 Å². The van der Waals surface area contributed by atoms with E-state index >= 15 is 0 Å². The first-order valence-corrected chi connectivity index (χ1v) is 13.4. The number of phenolic OH excluding ortho intramolecular Hbond substituents is 1. The summed E-state index contributed by atoms with van der Waals surface area (Å²) >= 11 is 1.43. The van der Waals surface area contributed by atoms with E-state index in [1.807, 2.05) is 16.0 Å². The van der Waals surface area contributed by atoms with Crippen LogP contribution in [0.5, 0.6) is 5.75 Å². The van der Waals surface area contributed by atoms with Crippen molar-refractivity contribution in [2.45, 2.75) is 11.3 Å². The predicted molar refractivity (Wildman–Crippen MR) is 136 cm³/mol. The Bertz CT molecular complexity index is 1670. The monoisotopic (exact) mass is 542 g/mol. The van der Waals surface area contributed by atoms with Gasteiger partial charge in [0.05, 0.1) is 16.3 Å². The molecule has 37 heavy (non-hydrogen) atoms. The summed E-state index contributed by atoms with van der Waals surface area (Å²) in [6, 6.07) is 10.4. The number of fused-ring (bicyclic) bond motifs is 1. The van der Waals surface area contributed by atoms with Gasteiger partial charge in [-0.25, -0.2) is 36.9 Å². The maximum Gasteiger partial charge on any atom is 0.240 e. The number of hydrogen-bond donors (Lipinski definition) is 3. The smallest absolute Gasteiger partial charge is 0.240 e. The molecule has 0 aliphatic rings. The average molecular weight is 543 g/mol. The molecular formula is C24H20F2N6O3S2. The number of benzene rings is 2. The molecule has 0 spiro atoms. The molecule has 0 saturated carbocycles. The fourth-order valence-electron chi connectivity index (χ4n) is 3.66. The number of imidazole rings is 1. The van der Waals surface area contributed by atoms with Crippen LogP contribution in [0.2, 0.25) is 0 Å². The van der Waals surface area contributed by atoms with Crippen molar-refractivity contribution in [3.05, 3.63) is 77.9 Å². The van der Waals surface area contributed by atoms with Crippen LogP contribution >= 0.6 is 11.3 Å². The van der Waals surface area contributed by atoms with Gasteiger partial charge < -0.3 is 10.4 Å². The van der Waals surface area contributed by atoms with Crippen LogP contribution in [0.4, 0.5) is 14.7 Å². The van der Waals surface area contributed by atoms with Crippen LogP contribution in [0.25, 0.3) is 27.6 Å². The molecule has 0 aliphatic carbocycles. The van der Waals surface area contributed by atoms with E-state index in [0.29, 0.717) is 46.5 Å². The van der Waals surface area contributed by atoms with Gasteiger partial charge >= 0.3 is 0 Å². The van der Waals surface area contributed by atoms with Gasteiger partial charge in [-0.15, -0.1) is 11.3 Å². The lowest BCUT2D eigenvalue weighted by Gasteiger charge is -2.09. The van der Waals surface area contributed by atoms with Crippen molar-refractivity contribution >= 4 is 32.3 Å². The Morgan fingerprint density at radius 3 is 2.62 bits per heavy atom. The summed E-state index contributed by atoms with van der Waals surface area (Å²) in [5, 5.41) is 14.8. The summed E-state index contributed by atoms with van der Waals surface area (Å²) < 4.78 is 55.6. The Kier molecular flexibility index (Phi) is 6.82. The van der Waals surface area contributed by atoms with Gasteiger partial charge in [0, 0.05) is 36.4 Å². The summed E-state index contributed by atoms with van der Waals surface area (Å²) in [6.45, 7) is 0.539. The molecule has 0 atom stereocenters. The van der Waals surface area contributed by atoms with Crippen LogP contribution in [0.3, 0.4) is 0 Å². The third-order valence-corrected chi connectivity index (χ3v) is 7.67. The van der Waals surface area contributed by atoms with Crippen LogP contribution in [0, 0.1) is 11.6 Å². The van der Waals surface area contributed by atoms with Crippen LogP contribution in [-0.2, 0) is 10.0 Å². The number of aromatic nitrogens is 4. The normalized spacial score (nSPS) is 11.7. The maximum absolute atomic E-state index is 13.6. The molecule has 3 heterocycles. The van der Waals surface area contributed by atoms with Gasteiger partial charge in [-0.1, -0.05) is 0 Å². The fourth-order valence-corrected chi connectivity index (χ4v) is 5.45. The maximum atomic E-state index is 13.6. The Morgan fingerprint density at radius 2 is 1.84 bits per heavy atom. The van der Waals surface area contributed by atoms with Crippen molar-refractivity contribution < 1.29 is 22.3 Å². The quantitative estimate of drug-likeness (QED) is 0.238. The zero-order valence-electron chi connectivity index (χ0n) is 19.1. The molecule has 13 heteroatoms. The minimum atomic E-state index is -3.74. The summed E-state index contributed by atoms with van der Waals surface area (Å²) in [6.07, 6.45) is 3.87. The van der Waals surface area contributed by atoms with Gasteiger partial charge in [0.15, 0.2) is 16.5 Å². The minimum absolute atomic E-state index is 0.0104. The third kappa shape index (κ3) is 5.28. The molecule has 0 saturated heterocycles. The number of aromatic hydroxyl groups is 1. The molecule has 0 bridgehead atoms. The molecule has 3 N–H and O–H groups in total. The highest BCUT2D eigenvalue weighted by Crippen LogP contribution is 2.35. The molecule has 0 radical (unpaired) electrons. The van der Waals surface area contributed by atoms with Crippen LogP contribution in [-0.4, -0.2) is 46.0 Å². The van der Waals surface area contributed by atoms with Crippen molar-refractivity contribution in [2.24, 2.45) is 0 Å². The highest BCUT2D eigenvalue weighted by Gasteiger charge is 2.19. The number of thiazole rings is 1. The first kappa shape index (κ1) is 24.7. The number of hydrogen-bond acceptors (Lipinski definition) is 8. The van der Waals surface area contributed by atoms with Gasteiger partial charge in [-0.2, -0.15) is 0 Å². The van der Waals surface area contributed by atoms with Gasteiger partial charge in [-0.05, 0) is 55.0 Å². The second kappa shape index (κ2) is 10.2. The molecule has 5 rings (SSSR count). The van der Waals surface area contributed by atoms with E-state index in [0.717, 1.165) is 12.1 Å². The molecule has 0 aliphatic heterocycles. The zero-order chi connectivity index (χ0) is 26.0. The van der Waals surface area contributed by atoms with Crippen molar-refractivity contribution in [3.8, 4) is 28.4 Å². The molecule has 190 valence electrons. The second-order valence-corrected chi connectivity index (χ2v) is 10.6. The summed E-state index contributed by atoms with van der Waals surface area (Å²) in [4.78, 5) is 14.2. The van der Waals surface area contributed by atoms with Gasteiger partial charge in [0.1, 0.15) is 11.5 Å². The molecule has 3 aromatic heterocycles. The largest absolute Gasteiger partial charge is 0.505 e. The summed E-state index contributed by atoms with van der Waals surface area (Å²) in [7, 11) is -3.74. The number of sulfonamides is 1. The number of phenols is 1. The second-order valence-electron chi connectivity index (χ2n) is 7.93. The van der Waals surface area contributed by atoms with E-state index in [1.54, 1.807) is 18.3 Å². The zero-order valence-corrected chi connectivity index (χ0v) is 20.7. The van der Waals surface area contributed by atoms with E-state index in [-0.39, 0.29) is 11.4 Å².